The highest BCUT2D eigenvalue weighted by molar-refractivity contribution is 7.09. The normalized spacial score (nSPS) is 11.5. The fraction of sp³-hybridized carbons (Fsp3) is 0.471. The first-order valence-corrected chi connectivity index (χ1v) is 8.91. The minimum Gasteiger partial charge on any atom is -0.356 e. The van der Waals surface area contributed by atoms with Crippen LogP contribution in [0.5, 0.6) is 0 Å². The van der Waals surface area contributed by atoms with E-state index in [0.29, 0.717) is 0 Å². The molecule has 2 N–H and O–H groups in total. The fourth-order valence-electron chi connectivity index (χ4n) is 2.20. The predicted octanol–water partition coefficient (Wildman–Crippen LogP) is 2.58. The number of guanidine groups is 1. The van der Waals surface area contributed by atoms with Crippen LogP contribution in [0, 0.1) is 6.92 Å². The molecule has 6 heteroatoms. The number of hydrogen-bond acceptors (Lipinski definition) is 4. The van der Waals surface area contributed by atoms with Crippen LogP contribution in [0.15, 0.2) is 34.8 Å². The molecule has 2 aromatic heterocycles. The van der Waals surface area contributed by atoms with Gasteiger partial charge in [-0.25, -0.2) is 4.98 Å². The summed E-state index contributed by atoms with van der Waals surface area (Å²) in [6.07, 6.45) is 6.04. The highest BCUT2D eigenvalue weighted by Crippen LogP contribution is 2.11. The van der Waals surface area contributed by atoms with Crippen LogP contribution in [0.4, 0.5) is 0 Å². The largest absolute Gasteiger partial charge is 0.356 e. The van der Waals surface area contributed by atoms with Gasteiger partial charge in [-0.2, -0.15) is 0 Å². The van der Waals surface area contributed by atoms with Crippen LogP contribution in [-0.2, 0) is 12.8 Å². The Kier molecular flexibility index (Phi) is 7.52. The summed E-state index contributed by atoms with van der Waals surface area (Å²) in [4.78, 5) is 13.0. The lowest BCUT2D eigenvalue weighted by Gasteiger charge is -2.11. The first-order chi connectivity index (χ1) is 11.3. The lowest BCUT2D eigenvalue weighted by Crippen LogP contribution is -2.38. The zero-order valence-corrected chi connectivity index (χ0v) is 14.7. The summed E-state index contributed by atoms with van der Waals surface area (Å²) in [6, 6.07) is 5.99. The summed E-state index contributed by atoms with van der Waals surface area (Å²) in [5, 5.41) is 10.0. The number of unbranched alkanes of at least 4 members (excludes halogenated alkanes) is 1. The molecule has 2 rings (SSSR count). The highest BCUT2D eigenvalue weighted by atomic mass is 32.1. The molecule has 0 atom stereocenters. The van der Waals surface area contributed by atoms with Crippen LogP contribution >= 0.6 is 11.3 Å². The average Bonchev–Trinajstić information content (AvgIpc) is 2.99. The van der Waals surface area contributed by atoms with Crippen LogP contribution in [0.3, 0.4) is 0 Å². The molecule has 0 saturated heterocycles. The number of thiazole rings is 1. The van der Waals surface area contributed by atoms with Crippen molar-refractivity contribution in [1.82, 2.24) is 20.6 Å². The lowest BCUT2D eigenvalue weighted by atomic mass is 10.2. The van der Waals surface area contributed by atoms with Crippen molar-refractivity contribution in [2.75, 3.05) is 20.1 Å². The maximum atomic E-state index is 4.49. The van der Waals surface area contributed by atoms with Gasteiger partial charge in [-0.05, 0) is 38.3 Å². The Balaban J connectivity index is 1.56. The molecule has 2 aromatic rings. The molecule has 23 heavy (non-hydrogen) atoms. The Morgan fingerprint density at radius 1 is 1.17 bits per heavy atom. The SMILES string of the molecule is CN=C(NCCCCc1nc(C)cs1)NCCc1ccccn1. The van der Waals surface area contributed by atoms with Crippen LogP contribution in [0.25, 0.3) is 0 Å². The molecule has 0 saturated carbocycles. The van der Waals surface area contributed by atoms with E-state index in [1.807, 2.05) is 31.3 Å². The Morgan fingerprint density at radius 3 is 2.74 bits per heavy atom. The second kappa shape index (κ2) is 9.94. The van der Waals surface area contributed by atoms with Crippen molar-refractivity contribution in [3.63, 3.8) is 0 Å². The summed E-state index contributed by atoms with van der Waals surface area (Å²) in [7, 11) is 1.80. The Morgan fingerprint density at radius 2 is 2.04 bits per heavy atom. The molecule has 5 nitrogen and oxygen atoms in total. The standard InChI is InChI=1S/C17H25N5S/c1-14-13-23-16(22-14)8-4-6-11-20-17(18-2)21-12-9-15-7-3-5-10-19-15/h3,5,7,10,13H,4,6,8-9,11-12H2,1-2H3,(H2,18,20,21). The van der Waals surface area contributed by atoms with Crippen LogP contribution in [-0.4, -0.2) is 36.1 Å². The Labute approximate surface area is 142 Å². The first kappa shape index (κ1) is 17.4. The number of nitrogens with zero attached hydrogens (tertiary/aromatic N) is 3. The molecule has 0 radical (unpaired) electrons. The quantitative estimate of drug-likeness (QED) is 0.443. The van der Waals surface area contributed by atoms with Gasteiger partial charge in [0.1, 0.15) is 0 Å². The van der Waals surface area contributed by atoms with Crippen LogP contribution in [0.2, 0.25) is 0 Å². The second-order valence-corrected chi connectivity index (χ2v) is 6.28. The van der Waals surface area contributed by atoms with Gasteiger partial charge >= 0.3 is 0 Å². The summed E-state index contributed by atoms with van der Waals surface area (Å²) in [5.74, 6) is 0.853. The lowest BCUT2D eigenvalue weighted by molar-refractivity contribution is 0.690. The summed E-state index contributed by atoms with van der Waals surface area (Å²) in [6.45, 7) is 3.80. The number of rotatable bonds is 8. The molecular weight excluding hydrogens is 306 g/mol. The highest BCUT2D eigenvalue weighted by Gasteiger charge is 2.00. The van der Waals surface area contributed by atoms with Crippen molar-refractivity contribution in [2.45, 2.75) is 32.6 Å². The summed E-state index contributed by atoms with van der Waals surface area (Å²) in [5.41, 5.74) is 2.22. The van der Waals surface area contributed by atoms with Gasteiger partial charge in [0.15, 0.2) is 5.96 Å². The molecule has 0 aliphatic rings. The zero-order chi connectivity index (χ0) is 16.3. The third-order valence-electron chi connectivity index (χ3n) is 3.40. The number of pyridine rings is 1. The number of aryl methyl sites for hydroxylation is 2. The van der Waals surface area contributed by atoms with E-state index in [2.05, 4.69) is 31.0 Å². The molecule has 0 amide bonds. The van der Waals surface area contributed by atoms with E-state index in [1.54, 1.807) is 18.4 Å². The average molecular weight is 331 g/mol. The van der Waals surface area contributed by atoms with Crippen molar-refractivity contribution in [2.24, 2.45) is 4.99 Å². The first-order valence-electron chi connectivity index (χ1n) is 8.03. The number of aromatic nitrogens is 2. The summed E-state index contributed by atoms with van der Waals surface area (Å²) < 4.78 is 0. The summed E-state index contributed by atoms with van der Waals surface area (Å²) >= 11 is 1.75. The maximum Gasteiger partial charge on any atom is 0.190 e. The molecule has 0 bridgehead atoms. The fourth-order valence-corrected chi connectivity index (χ4v) is 3.02. The molecule has 0 aliphatic carbocycles. The molecule has 2 heterocycles. The minimum absolute atomic E-state index is 0.828. The smallest absolute Gasteiger partial charge is 0.190 e. The van der Waals surface area contributed by atoms with Crippen molar-refractivity contribution < 1.29 is 0 Å². The van der Waals surface area contributed by atoms with Crippen LogP contribution < -0.4 is 10.6 Å². The van der Waals surface area contributed by atoms with Gasteiger partial charge in [0.05, 0.1) is 5.01 Å². The van der Waals surface area contributed by atoms with Gasteiger partial charge < -0.3 is 10.6 Å². The molecule has 0 unspecified atom stereocenters. The van der Waals surface area contributed by atoms with Gasteiger partial charge in [-0.15, -0.1) is 11.3 Å². The number of hydrogen-bond donors (Lipinski definition) is 2. The van der Waals surface area contributed by atoms with E-state index >= 15 is 0 Å². The van der Waals surface area contributed by atoms with E-state index in [-0.39, 0.29) is 0 Å². The third-order valence-corrected chi connectivity index (χ3v) is 4.43. The Hall–Kier alpha value is -1.95. The van der Waals surface area contributed by atoms with E-state index in [1.165, 1.54) is 5.01 Å². The predicted molar refractivity (Wildman–Crippen MR) is 97.1 cm³/mol. The van der Waals surface area contributed by atoms with Crippen molar-refractivity contribution >= 4 is 17.3 Å². The van der Waals surface area contributed by atoms with Crippen molar-refractivity contribution in [1.29, 1.82) is 0 Å². The van der Waals surface area contributed by atoms with Gasteiger partial charge in [-0.3, -0.25) is 9.98 Å². The van der Waals surface area contributed by atoms with Gasteiger partial charge in [0, 0.05) is 49.5 Å². The van der Waals surface area contributed by atoms with Gasteiger partial charge in [-0.1, -0.05) is 6.07 Å². The molecule has 0 fully saturated rings. The molecule has 0 aromatic carbocycles. The molecule has 0 aliphatic heterocycles. The van der Waals surface area contributed by atoms with E-state index < -0.39 is 0 Å². The number of aliphatic imine (C=N–C) groups is 1. The number of nitrogens with one attached hydrogen (secondary N) is 2. The topological polar surface area (TPSA) is 62.2 Å². The van der Waals surface area contributed by atoms with Gasteiger partial charge in [0.25, 0.3) is 0 Å². The monoisotopic (exact) mass is 331 g/mol. The third kappa shape index (κ3) is 6.78. The molecule has 124 valence electrons. The van der Waals surface area contributed by atoms with Gasteiger partial charge in [0.2, 0.25) is 0 Å². The van der Waals surface area contributed by atoms with E-state index in [4.69, 9.17) is 0 Å². The maximum absolute atomic E-state index is 4.49. The molecule has 0 spiro atoms. The van der Waals surface area contributed by atoms with Crippen LogP contribution in [0.1, 0.15) is 29.2 Å². The molecular formula is C17H25N5S. The minimum atomic E-state index is 0.828. The van der Waals surface area contributed by atoms with E-state index in [9.17, 15) is 0 Å². The van der Waals surface area contributed by atoms with Crippen molar-refractivity contribution in [3.8, 4) is 0 Å². The van der Waals surface area contributed by atoms with Crippen molar-refractivity contribution in [3.05, 3.63) is 46.2 Å². The van der Waals surface area contributed by atoms with E-state index in [0.717, 1.165) is 56.1 Å². The second-order valence-electron chi connectivity index (χ2n) is 5.34. The Bertz CT molecular complexity index is 594. The zero-order valence-electron chi connectivity index (χ0n) is 13.9.